The fourth-order valence-electron chi connectivity index (χ4n) is 5.36. The molecule has 0 radical (unpaired) electrons. The number of hydrogen-bond acceptors (Lipinski definition) is 7. The zero-order valence-electron chi connectivity index (χ0n) is 22.2. The number of piperidine rings is 1. The Morgan fingerprint density at radius 3 is 2.48 bits per heavy atom. The van der Waals surface area contributed by atoms with Crippen LogP contribution in [0.4, 0.5) is 20.2 Å². The van der Waals surface area contributed by atoms with Crippen molar-refractivity contribution in [1.82, 2.24) is 0 Å². The topological polar surface area (TPSA) is 101 Å². The van der Waals surface area contributed by atoms with Crippen LogP contribution in [0.25, 0.3) is 0 Å². The fourth-order valence-corrected chi connectivity index (χ4v) is 5.36. The van der Waals surface area contributed by atoms with Crippen LogP contribution in [0, 0.1) is 23.0 Å². The zero-order valence-corrected chi connectivity index (χ0v) is 22.2. The summed E-state index contributed by atoms with van der Waals surface area (Å²) in [6.07, 6.45) is 1.58. The molecule has 5 rings (SSSR count). The van der Waals surface area contributed by atoms with Crippen LogP contribution >= 0.6 is 0 Å². The minimum absolute atomic E-state index is 0.121. The van der Waals surface area contributed by atoms with E-state index in [9.17, 15) is 14.4 Å². The van der Waals surface area contributed by atoms with Gasteiger partial charge >= 0.3 is 0 Å². The summed E-state index contributed by atoms with van der Waals surface area (Å²) in [4.78, 5) is 21.8. The first-order chi connectivity index (χ1) is 19.4. The van der Waals surface area contributed by atoms with Crippen molar-refractivity contribution in [2.24, 2.45) is 5.90 Å². The number of carbonyl (C=O) groups is 1. The highest BCUT2D eigenvalue weighted by Crippen LogP contribution is 2.39. The van der Waals surface area contributed by atoms with Crippen LogP contribution in [0.15, 0.2) is 54.6 Å². The molecule has 8 nitrogen and oxygen atoms in total. The molecule has 0 bridgehead atoms. The molecule has 1 saturated heterocycles. The van der Waals surface area contributed by atoms with E-state index in [2.05, 4.69) is 0 Å². The molecule has 2 aliphatic rings. The Balaban J connectivity index is 1.32. The Labute approximate surface area is 231 Å². The van der Waals surface area contributed by atoms with Crippen molar-refractivity contribution in [3.63, 3.8) is 0 Å². The van der Waals surface area contributed by atoms with Crippen molar-refractivity contribution in [1.29, 1.82) is 5.26 Å². The summed E-state index contributed by atoms with van der Waals surface area (Å²) in [5, 5.41) is 9.42. The molecule has 208 valence electrons. The van der Waals surface area contributed by atoms with Crippen molar-refractivity contribution in [2.75, 3.05) is 36.6 Å². The number of halogens is 2. The Morgan fingerprint density at radius 2 is 1.80 bits per heavy atom. The first-order valence-electron chi connectivity index (χ1n) is 13.1. The van der Waals surface area contributed by atoms with Gasteiger partial charge in [-0.15, -0.1) is 0 Å². The molecule has 0 saturated carbocycles. The molecule has 0 spiro atoms. The number of nitrogens with two attached hydrogens (primary N) is 1. The highest BCUT2D eigenvalue weighted by atomic mass is 19.1. The monoisotopic (exact) mass is 548 g/mol. The van der Waals surface area contributed by atoms with E-state index in [0.29, 0.717) is 55.1 Å². The molecule has 40 heavy (non-hydrogen) atoms. The second-order valence-electron chi connectivity index (χ2n) is 10.1. The number of rotatable bonds is 8. The lowest BCUT2D eigenvalue weighted by Crippen LogP contribution is -2.51. The lowest BCUT2D eigenvalue weighted by atomic mass is 9.91. The third kappa shape index (κ3) is 5.43. The molecule has 1 amide bonds. The highest BCUT2D eigenvalue weighted by Gasteiger charge is 2.38. The number of fused-ring (bicyclic) bond motifs is 1. The predicted octanol–water partition coefficient (Wildman–Crippen LogP) is 4.63. The van der Waals surface area contributed by atoms with Crippen LogP contribution in [-0.4, -0.2) is 38.3 Å². The Kier molecular flexibility index (Phi) is 7.87. The minimum Gasteiger partial charge on any atom is -0.497 e. The van der Waals surface area contributed by atoms with Gasteiger partial charge < -0.3 is 19.3 Å². The van der Waals surface area contributed by atoms with Gasteiger partial charge in [-0.25, -0.2) is 14.7 Å². The Hall–Kier alpha value is -4.20. The van der Waals surface area contributed by atoms with Crippen molar-refractivity contribution in [3.05, 3.63) is 82.9 Å². The number of amides is 1. The van der Waals surface area contributed by atoms with Gasteiger partial charge in [0.05, 0.1) is 30.6 Å². The third-order valence-corrected chi connectivity index (χ3v) is 7.69. The summed E-state index contributed by atoms with van der Waals surface area (Å²) in [6, 6.07) is 16.4. The first kappa shape index (κ1) is 27.4. The van der Waals surface area contributed by atoms with Gasteiger partial charge in [-0.05, 0) is 67.3 Å². The van der Waals surface area contributed by atoms with Gasteiger partial charge in [0.1, 0.15) is 41.4 Å². The van der Waals surface area contributed by atoms with E-state index >= 15 is 4.39 Å². The molecule has 2 N–H and O–H groups in total. The van der Waals surface area contributed by atoms with E-state index in [1.54, 1.807) is 31.4 Å². The molecule has 2 aliphatic heterocycles. The smallest absolute Gasteiger partial charge is 0.227 e. The molecule has 3 aromatic rings. The standard InChI is InChI=1S/C30H30F2N4O4/c1-38-23-5-2-20(3-6-23)18-36-28(37)11-7-24-27(10-8-25(32)29(24)36)39-19-30(40-34)12-14-35(15-13-30)26-9-4-22(31)16-21(26)17-33/h2-6,8-10,16H,7,11-15,18-19,34H2,1H3. The van der Waals surface area contributed by atoms with E-state index < -0.39 is 17.2 Å². The summed E-state index contributed by atoms with van der Waals surface area (Å²) in [5.74, 6) is 5.81. The van der Waals surface area contributed by atoms with Gasteiger partial charge in [-0.3, -0.25) is 9.63 Å². The quantitative estimate of drug-likeness (QED) is 0.410. The zero-order chi connectivity index (χ0) is 28.3. The number of methoxy groups -OCH3 is 1. The van der Waals surface area contributed by atoms with Crippen LogP contribution in [0.5, 0.6) is 11.5 Å². The average Bonchev–Trinajstić information content (AvgIpc) is 2.98. The fraction of sp³-hybridized carbons (Fsp3) is 0.333. The maximum Gasteiger partial charge on any atom is 0.227 e. The third-order valence-electron chi connectivity index (χ3n) is 7.69. The predicted molar refractivity (Wildman–Crippen MR) is 145 cm³/mol. The van der Waals surface area contributed by atoms with Gasteiger partial charge in [0.25, 0.3) is 0 Å². The second kappa shape index (κ2) is 11.5. The summed E-state index contributed by atoms with van der Waals surface area (Å²) in [5.41, 5.74) is 1.81. The maximum atomic E-state index is 15.2. The number of nitrogens with zero attached hydrogens (tertiary/aromatic N) is 3. The summed E-state index contributed by atoms with van der Waals surface area (Å²) < 4.78 is 40.2. The van der Waals surface area contributed by atoms with E-state index in [0.717, 1.165) is 5.56 Å². The number of nitriles is 1. The Bertz CT molecular complexity index is 1430. The molecule has 2 heterocycles. The van der Waals surface area contributed by atoms with Gasteiger partial charge in [0.2, 0.25) is 5.91 Å². The van der Waals surface area contributed by atoms with Gasteiger partial charge in [-0.1, -0.05) is 12.1 Å². The van der Waals surface area contributed by atoms with Crippen LogP contribution < -0.4 is 25.2 Å². The van der Waals surface area contributed by atoms with Gasteiger partial charge in [0, 0.05) is 25.1 Å². The molecule has 10 heteroatoms. The number of ether oxygens (including phenoxy) is 2. The molecule has 3 aromatic carbocycles. The van der Waals surface area contributed by atoms with E-state index in [1.165, 1.54) is 23.1 Å². The van der Waals surface area contributed by atoms with E-state index in [-0.39, 0.29) is 36.7 Å². The van der Waals surface area contributed by atoms with Crippen LogP contribution in [-0.2, 0) is 22.6 Å². The normalized spacial score (nSPS) is 16.3. The molecule has 0 aliphatic carbocycles. The maximum absolute atomic E-state index is 15.2. The van der Waals surface area contributed by atoms with E-state index in [1.807, 2.05) is 23.1 Å². The van der Waals surface area contributed by atoms with Gasteiger partial charge in [0.15, 0.2) is 0 Å². The number of carbonyl (C=O) groups excluding carboxylic acids is 1. The second-order valence-corrected chi connectivity index (χ2v) is 10.1. The average molecular weight is 549 g/mol. The lowest BCUT2D eigenvalue weighted by molar-refractivity contribution is -0.119. The molecule has 0 aromatic heterocycles. The molecular weight excluding hydrogens is 518 g/mol. The SMILES string of the molecule is COc1ccc(CN2C(=O)CCc3c(OCC4(ON)CCN(c5ccc(F)cc5C#N)CC4)ccc(F)c32)cc1. The molecule has 1 fully saturated rings. The van der Waals surface area contributed by atoms with Crippen LogP contribution in [0.3, 0.4) is 0 Å². The van der Waals surface area contributed by atoms with Crippen LogP contribution in [0.2, 0.25) is 0 Å². The largest absolute Gasteiger partial charge is 0.497 e. The van der Waals surface area contributed by atoms with Crippen LogP contribution in [0.1, 0.15) is 36.0 Å². The van der Waals surface area contributed by atoms with Crippen molar-refractivity contribution >= 4 is 17.3 Å². The molecular formula is C30H30F2N4O4. The van der Waals surface area contributed by atoms with Crippen molar-refractivity contribution in [3.8, 4) is 17.6 Å². The summed E-state index contributed by atoms with van der Waals surface area (Å²) >= 11 is 0. The lowest BCUT2D eigenvalue weighted by Gasteiger charge is -2.41. The minimum atomic E-state index is -0.808. The number of hydrogen-bond donors (Lipinski definition) is 1. The Morgan fingerprint density at radius 1 is 1.05 bits per heavy atom. The number of benzene rings is 3. The van der Waals surface area contributed by atoms with E-state index in [4.69, 9.17) is 20.2 Å². The summed E-state index contributed by atoms with van der Waals surface area (Å²) in [7, 11) is 1.58. The molecule has 0 unspecified atom stereocenters. The first-order valence-corrected chi connectivity index (χ1v) is 13.1. The van der Waals surface area contributed by atoms with Crippen molar-refractivity contribution in [2.45, 2.75) is 37.8 Å². The summed E-state index contributed by atoms with van der Waals surface area (Å²) in [6.45, 7) is 1.38. The number of anilines is 2. The van der Waals surface area contributed by atoms with Crippen molar-refractivity contribution < 1.29 is 27.9 Å². The van der Waals surface area contributed by atoms with Gasteiger partial charge in [-0.2, -0.15) is 5.26 Å². The molecule has 0 atom stereocenters. The highest BCUT2D eigenvalue weighted by molar-refractivity contribution is 5.97.